The Hall–Kier alpha value is -0.830. The van der Waals surface area contributed by atoms with Crippen molar-refractivity contribution in [1.29, 1.82) is 0 Å². The molecule has 0 rings (SSSR count). The molecular formula is C30H61NOS. The largest absolute Gasteiger partial charge is 0.496 e. The van der Waals surface area contributed by atoms with Crippen LogP contribution in [0.2, 0.25) is 0 Å². The molecule has 3 heteroatoms. The Bertz CT molecular complexity index is 486. The third kappa shape index (κ3) is 49.4. The Morgan fingerprint density at radius 1 is 0.545 bits per heavy atom. The summed E-state index contributed by atoms with van der Waals surface area (Å²) in [6, 6.07) is 0. The van der Waals surface area contributed by atoms with Gasteiger partial charge in [-0.1, -0.05) is 95.2 Å². The average Bonchev–Trinajstić information content (AvgIpc) is 2.39. The lowest BCUT2D eigenvalue weighted by molar-refractivity contribution is 0.0749. The van der Waals surface area contributed by atoms with Crippen molar-refractivity contribution >= 4 is 11.8 Å². The Labute approximate surface area is 214 Å². The van der Waals surface area contributed by atoms with Crippen LogP contribution in [0.15, 0.2) is 36.1 Å². The monoisotopic (exact) mass is 483 g/mol. The van der Waals surface area contributed by atoms with Gasteiger partial charge in [-0.3, -0.25) is 0 Å². The van der Waals surface area contributed by atoms with Crippen LogP contribution in [-0.2, 0) is 4.74 Å². The molecule has 0 heterocycles. The van der Waals surface area contributed by atoms with Crippen molar-refractivity contribution in [1.82, 2.24) is 5.32 Å². The number of ether oxygens (including phenoxy) is 1. The first-order valence-electron chi connectivity index (χ1n) is 12.3. The van der Waals surface area contributed by atoms with E-state index < -0.39 is 0 Å². The van der Waals surface area contributed by atoms with Gasteiger partial charge >= 0.3 is 0 Å². The Morgan fingerprint density at radius 3 is 1.21 bits per heavy atom. The van der Waals surface area contributed by atoms with E-state index in [1.165, 1.54) is 0 Å². The fraction of sp³-hybridized carbons (Fsp3) is 0.800. The molecule has 0 aliphatic carbocycles. The molecule has 1 N–H and O–H groups in total. The highest BCUT2D eigenvalue weighted by Crippen LogP contribution is 2.26. The molecule has 0 fully saturated rings. The van der Waals surface area contributed by atoms with Crippen LogP contribution in [0.25, 0.3) is 0 Å². The Balaban J connectivity index is -0.000000409. The van der Waals surface area contributed by atoms with Crippen molar-refractivity contribution in [3.63, 3.8) is 0 Å². The summed E-state index contributed by atoms with van der Waals surface area (Å²) in [6.07, 6.45) is 10.3. The molecular weight excluding hydrogens is 422 g/mol. The Kier molecular flexibility index (Phi) is 16.2. The predicted molar refractivity (Wildman–Crippen MR) is 157 cm³/mol. The van der Waals surface area contributed by atoms with Crippen LogP contribution in [0.5, 0.6) is 0 Å². The lowest BCUT2D eigenvalue weighted by atomic mass is 9.97. The highest BCUT2D eigenvalue weighted by atomic mass is 32.2. The van der Waals surface area contributed by atoms with Crippen LogP contribution >= 0.6 is 11.8 Å². The first kappa shape index (κ1) is 36.7. The first-order valence-corrected chi connectivity index (χ1v) is 13.2. The molecule has 198 valence electrons. The van der Waals surface area contributed by atoms with Gasteiger partial charge in [0.05, 0.1) is 11.9 Å². The second-order valence-corrected chi connectivity index (χ2v) is 16.6. The van der Waals surface area contributed by atoms with E-state index in [9.17, 15) is 0 Å². The van der Waals surface area contributed by atoms with Gasteiger partial charge in [0.15, 0.2) is 0 Å². The summed E-state index contributed by atoms with van der Waals surface area (Å²) in [5, 5.41) is 5.51. The van der Waals surface area contributed by atoms with E-state index in [4.69, 9.17) is 4.74 Å². The van der Waals surface area contributed by atoms with Gasteiger partial charge in [-0.25, -0.2) is 0 Å². The fourth-order valence-electron chi connectivity index (χ4n) is 1.43. The summed E-state index contributed by atoms with van der Waals surface area (Å²) in [4.78, 5) is 0. The summed E-state index contributed by atoms with van der Waals surface area (Å²) in [7, 11) is 0. The molecule has 2 nitrogen and oxygen atoms in total. The van der Waals surface area contributed by atoms with Gasteiger partial charge in [-0.15, -0.1) is 11.8 Å². The lowest BCUT2D eigenvalue weighted by Gasteiger charge is -2.20. The van der Waals surface area contributed by atoms with Crippen LogP contribution in [0, 0.1) is 16.2 Å². The van der Waals surface area contributed by atoms with Gasteiger partial charge in [-0.2, -0.15) is 0 Å². The topological polar surface area (TPSA) is 21.3 Å². The summed E-state index contributed by atoms with van der Waals surface area (Å²) >= 11 is 1.88. The molecule has 0 atom stereocenters. The molecule has 0 aromatic heterocycles. The number of rotatable bonds is 3. The van der Waals surface area contributed by atoms with Crippen LogP contribution in [0.1, 0.15) is 125 Å². The summed E-state index contributed by atoms with van der Waals surface area (Å²) in [6.45, 7) is 38.9. The fourth-order valence-corrected chi connectivity index (χ4v) is 2.31. The number of nitrogens with one attached hydrogen (secondary N) is 1. The molecule has 33 heavy (non-hydrogen) atoms. The van der Waals surface area contributed by atoms with Crippen LogP contribution in [0.4, 0.5) is 0 Å². The van der Waals surface area contributed by atoms with E-state index in [2.05, 4.69) is 133 Å². The Morgan fingerprint density at radius 2 is 0.939 bits per heavy atom. The van der Waals surface area contributed by atoms with Gasteiger partial charge in [0.2, 0.25) is 0 Å². The molecule has 0 saturated heterocycles. The van der Waals surface area contributed by atoms with Gasteiger partial charge in [0.1, 0.15) is 0 Å². The molecule has 0 amide bonds. The first-order chi connectivity index (χ1) is 14.1. The number of hydrogen-bond acceptors (Lipinski definition) is 3. The molecule has 0 aliphatic heterocycles. The molecule has 0 spiro atoms. The second kappa shape index (κ2) is 14.5. The second-order valence-electron chi connectivity index (χ2n) is 14.9. The van der Waals surface area contributed by atoms with Crippen LogP contribution in [-0.4, -0.2) is 15.9 Å². The molecule has 0 aliphatic rings. The minimum atomic E-state index is -0.0677. The zero-order valence-electron chi connectivity index (χ0n) is 25.8. The zero-order valence-corrected chi connectivity index (χ0v) is 26.6. The molecule has 0 aromatic carbocycles. The van der Waals surface area contributed by atoms with E-state index in [0.29, 0.717) is 10.2 Å². The smallest absolute Gasteiger partial charge is 0.0998 e. The van der Waals surface area contributed by atoms with Crippen molar-refractivity contribution in [3.8, 4) is 0 Å². The molecule has 0 saturated carbocycles. The maximum absolute atomic E-state index is 5.42. The molecule has 0 unspecified atom stereocenters. The van der Waals surface area contributed by atoms with E-state index in [-0.39, 0.29) is 22.0 Å². The summed E-state index contributed by atoms with van der Waals surface area (Å²) < 4.78 is 5.77. The lowest BCUT2D eigenvalue weighted by Crippen LogP contribution is -2.31. The van der Waals surface area contributed by atoms with Gasteiger partial charge < -0.3 is 10.1 Å². The van der Waals surface area contributed by atoms with Gasteiger partial charge in [0, 0.05) is 10.3 Å². The number of hydrogen-bond donors (Lipinski definition) is 1. The van der Waals surface area contributed by atoms with Gasteiger partial charge in [0.25, 0.3) is 0 Å². The third-order valence-electron chi connectivity index (χ3n) is 3.08. The van der Waals surface area contributed by atoms with Crippen LogP contribution in [0.3, 0.4) is 0 Å². The minimum absolute atomic E-state index is 0.0677. The van der Waals surface area contributed by atoms with E-state index in [1.54, 1.807) is 6.26 Å². The highest BCUT2D eigenvalue weighted by Gasteiger charge is 2.10. The molecule has 0 bridgehead atoms. The van der Waals surface area contributed by atoms with Crippen molar-refractivity contribution in [2.45, 2.75) is 141 Å². The van der Waals surface area contributed by atoms with E-state index >= 15 is 0 Å². The van der Waals surface area contributed by atoms with E-state index in [0.717, 1.165) is 0 Å². The van der Waals surface area contributed by atoms with Crippen molar-refractivity contribution < 1.29 is 4.74 Å². The highest BCUT2D eigenvalue weighted by molar-refractivity contribution is 8.03. The van der Waals surface area contributed by atoms with Crippen molar-refractivity contribution in [2.75, 3.05) is 0 Å². The number of allylic oxidation sites excluding steroid dienone is 3. The quantitative estimate of drug-likeness (QED) is 0.403. The van der Waals surface area contributed by atoms with Crippen molar-refractivity contribution in [3.05, 3.63) is 36.1 Å². The van der Waals surface area contributed by atoms with Gasteiger partial charge in [-0.05, 0) is 75.5 Å². The zero-order chi connectivity index (χ0) is 27.4. The standard InChI is InChI=1S/C10H21N.C10H20O.C10H20S/c3*1-9(2,3)7-8-11-10(4,5)6/h7-8,11H,1-6H3;2*7-8H,1-6H3/b3*8-7-. The average molecular weight is 484 g/mol. The number of thioether (sulfide) groups is 1. The molecule has 0 radical (unpaired) electrons. The maximum Gasteiger partial charge on any atom is 0.0998 e. The predicted octanol–water partition coefficient (Wildman–Crippen LogP) is 10.4. The van der Waals surface area contributed by atoms with E-state index in [1.807, 2.05) is 38.7 Å². The van der Waals surface area contributed by atoms with Crippen molar-refractivity contribution in [2.24, 2.45) is 16.2 Å². The molecule has 0 aromatic rings. The normalized spacial score (nSPS) is 14.1. The SMILES string of the molecule is CC(C)(C)/C=C\NC(C)(C)C.CC(C)(C)/C=C\OC(C)(C)C.CC(C)(C)/C=C\SC(C)(C)C. The van der Waals surface area contributed by atoms with Crippen LogP contribution < -0.4 is 5.32 Å². The summed E-state index contributed by atoms with van der Waals surface area (Å²) in [5.74, 6) is 0. The maximum atomic E-state index is 5.42. The third-order valence-corrected chi connectivity index (χ3v) is 4.06. The minimum Gasteiger partial charge on any atom is -0.496 e. The summed E-state index contributed by atoms with van der Waals surface area (Å²) in [5.41, 5.74) is 0.922.